The summed E-state index contributed by atoms with van der Waals surface area (Å²) in [5.41, 5.74) is 0. The van der Waals surface area contributed by atoms with Gasteiger partial charge < -0.3 is 0 Å². The molecule has 0 saturated heterocycles. The van der Waals surface area contributed by atoms with Gasteiger partial charge in [0.05, 0.1) is 3.39 Å². The lowest BCUT2D eigenvalue weighted by Gasteiger charge is -1.92. The van der Waals surface area contributed by atoms with Gasteiger partial charge in [0.15, 0.2) is 0 Å². The number of thiol groups is 1. The van der Waals surface area contributed by atoms with E-state index in [9.17, 15) is 0 Å². The average Bonchev–Trinajstić information content (AvgIpc) is 1.67. The molecule has 0 bridgehead atoms. The maximum atomic E-state index is 4.05. The van der Waals surface area contributed by atoms with E-state index in [0.717, 1.165) is 20.0 Å². The smallest absolute Gasteiger partial charge is 0.0705 e. The fraction of sp³-hybridized carbons (Fsp3) is 0.500. The fourth-order valence-electron chi connectivity index (χ4n) is 0.193. The van der Waals surface area contributed by atoms with Gasteiger partial charge in [0.2, 0.25) is 0 Å². The SMILES string of the molecule is SCCC(Br)=C(Br)Br. The highest BCUT2D eigenvalue weighted by Crippen LogP contribution is 2.25. The average molecular weight is 325 g/mol. The van der Waals surface area contributed by atoms with Crippen molar-refractivity contribution in [3.05, 3.63) is 7.87 Å². The van der Waals surface area contributed by atoms with E-state index in [2.05, 4.69) is 60.4 Å². The quantitative estimate of drug-likeness (QED) is 0.736. The van der Waals surface area contributed by atoms with Crippen molar-refractivity contribution in [1.82, 2.24) is 0 Å². The Balaban J connectivity index is 3.62. The van der Waals surface area contributed by atoms with Crippen molar-refractivity contribution in [2.45, 2.75) is 6.42 Å². The van der Waals surface area contributed by atoms with Crippen LogP contribution in [-0.2, 0) is 0 Å². The minimum Gasteiger partial charge on any atom is -0.179 e. The van der Waals surface area contributed by atoms with Crippen molar-refractivity contribution in [3.63, 3.8) is 0 Å². The molecule has 0 N–H and O–H groups in total. The molecular formula is C4H5Br3S. The van der Waals surface area contributed by atoms with Gasteiger partial charge >= 0.3 is 0 Å². The summed E-state index contributed by atoms with van der Waals surface area (Å²) >= 11 is 13.9. The van der Waals surface area contributed by atoms with Crippen LogP contribution in [0.3, 0.4) is 0 Å². The molecule has 0 nitrogen and oxygen atoms in total. The third kappa shape index (κ3) is 4.41. The molecule has 0 aromatic heterocycles. The highest BCUT2D eigenvalue weighted by atomic mass is 79.9. The minimum absolute atomic E-state index is 0.862. The lowest BCUT2D eigenvalue weighted by Crippen LogP contribution is -1.73. The van der Waals surface area contributed by atoms with Gasteiger partial charge in [-0.2, -0.15) is 12.6 Å². The van der Waals surface area contributed by atoms with E-state index in [1.807, 2.05) is 0 Å². The van der Waals surface area contributed by atoms with Gasteiger partial charge in [-0.1, -0.05) is 15.9 Å². The molecule has 8 heavy (non-hydrogen) atoms. The van der Waals surface area contributed by atoms with E-state index in [4.69, 9.17) is 0 Å². The third-order valence-electron chi connectivity index (χ3n) is 0.536. The van der Waals surface area contributed by atoms with Crippen LogP contribution in [0.1, 0.15) is 6.42 Å². The highest BCUT2D eigenvalue weighted by molar-refractivity contribution is 9.29. The number of hydrogen-bond acceptors (Lipinski definition) is 1. The van der Waals surface area contributed by atoms with Crippen LogP contribution >= 0.6 is 60.4 Å². The molecule has 0 fully saturated rings. The zero-order valence-corrected chi connectivity index (χ0v) is 9.65. The second kappa shape index (κ2) is 5.33. The standard InChI is InChI=1S/C4H5Br3S/c5-3(1-2-8)4(6)7/h8H,1-2H2. The molecule has 0 rings (SSSR count). The summed E-state index contributed by atoms with van der Waals surface area (Å²) in [5, 5.41) is 0. The Labute approximate surface area is 79.9 Å². The molecule has 0 aliphatic heterocycles. The molecule has 0 atom stereocenters. The van der Waals surface area contributed by atoms with Crippen LogP contribution in [0.2, 0.25) is 0 Å². The Hall–Kier alpha value is 1.53. The molecule has 0 spiro atoms. The molecule has 0 aliphatic carbocycles. The first-order valence-electron chi connectivity index (χ1n) is 1.99. The topological polar surface area (TPSA) is 0 Å². The molecule has 0 heterocycles. The molecular weight excluding hydrogens is 320 g/mol. The van der Waals surface area contributed by atoms with Crippen molar-refractivity contribution in [1.29, 1.82) is 0 Å². The number of rotatable bonds is 2. The molecule has 0 saturated carbocycles. The van der Waals surface area contributed by atoms with E-state index in [0.29, 0.717) is 0 Å². The Morgan fingerprint density at radius 2 is 1.75 bits per heavy atom. The Morgan fingerprint density at radius 3 is 1.88 bits per heavy atom. The molecule has 0 aromatic rings. The van der Waals surface area contributed by atoms with Crippen molar-refractivity contribution < 1.29 is 0 Å². The van der Waals surface area contributed by atoms with Crippen LogP contribution in [-0.4, -0.2) is 5.75 Å². The number of halogens is 3. The first-order chi connectivity index (χ1) is 3.68. The molecule has 0 amide bonds. The Kier molecular flexibility index (Phi) is 6.34. The molecule has 0 radical (unpaired) electrons. The molecule has 4 heteroatoms. The van der Waals surface area contributed by atoms with E-state index in [1.165, 1.54) is 0 Å². The van der Waals surface area contributed by atoms with Crippen molar-refractivity contribution >= 4 is 60.4 Å². The molecule has 0 aromatic carbocycles. The van der Waals surface area contributed by atoms with Crippen LogP contribution in [0.25, 0.3) is 0 Å². The van der Waals surface area contributed by atoms with Crippen LogP contribution < -0.4 is 0 Å². The summed E-state index contributed by atoms with van der Waals surface area (Å²) in [5.74, 6) is 0.862. The zero-order chi connectivity index (χ0) is 6.57. The minimum atomic E-state index is 0.862. The second-order valence-electron chi connectivity index (χ2n) is 1.14. The van der Waals surface area contributed by atoms with Gasteiger partial charge in [-0.3, -0.25) is 0 Å². The van der Waals surface area contributed by atoms with Crippen LogP contribution in [0.15, 0.2) is 7.87 Å². The van der Waals surface area contributed by atoms with Gasteiger partial charge in [-0.15, -0.1) is 0 Å². The van der Waals surface area contributed by atoms with E-state index < -0.39 is 0 Å². The van der Waals surface area contributed by atoms with E-state index in [1.54, 1.807) is 0 Å². The van der Waals surface area contributed by atoms with Crippen LogP contribution in [0.4, 0.5) is 0 Å². The first kappa shape index (κ1) is 9.53. The molecule has 0 aliphatic rings. The number of allylic oxidation sites excluding steroid dienone is 1. The maximum Gasteiger partial charge on any atom is 0.0705 e. The fourth-order valence-corrected chi connectivity index (χ4v) is 1.32. The second-order valence-corrected chi connectivity index (χ2v) is 5.19. The summed E-state index contributed by atoms with van der Waals surface area (Å²) in [6.07, 6.45) is 0.953. The van der Waals surface area contributed by atoms with E-state index in [-0.39, 0.29) is 0 Å². The van der Waals surface area contributed by atoms with Gasteiger partial charge in [-0.25, -0.2) is 0 Å². The van der Waals surface area contributed by atoms with Crippen molar-refractivity contribution in [2.75, 3.05) is 5.75 Å². The number of hydrogen-bond donors (Lipinski definition) is 1. The van der Waals surface area contributed by atoms with Gasteiger partial charge in [0.25, 0.3) is 0 Å². The lowest BCUT2D eigenvalue weighted by atomic mass is 10.5. The van der Waals surface area contributed by atoms with Crippen molar-refractivity contribution in [2.24, 2.45) is 0 Å². The van der Waals surface area contributed by atoms with E-state index >= 15 is 0 Å². The normalized spacial score (nSPS) is 9.00. The summed E-state index contributed by atoms with van der Waals surface area (Å²) in [6.45, 7) is 0. The van der Waals surface area contributed by atoms with Gasteiger partial charge in [0.1, 0.15) is 0 Å². The molecule has 0 unspecified atom stereocenters. The maximum absolute atomic E-state index is 4.05. The largest absolute Gasteiger partial charge is 0.179 e. The summed E-state index contributed by atoms with van der Waals surface area (Å²) < 4.78 is 2.09. The van der Waals surface area contributed by atoms with Gasteiger partial charge in [0, 0.05) is 4.48 Å². The van der Waals surface area contributed by atoms with Crippen molar-refractivity contribution in [3.8, 4) is 0 Å². The van der Waals surface area contributed by atoms with Crippen LogP contribution in [0.5, 0.6) is 0 Å². The summed E-state index contributed by atoms with van der Waals surface area (Å²) in [6, 6.07) is 0. The highest BCUT2D eigenvalue weighted by Gasteiger charge is 1.93. The Bertz CT molecular complexity index is 95.5. The Morgan fingerprint density at radius 1 is 1.25 bits per heavy atom. The molecule has 48 valence electrons. The first-order valence-corrected chi connectivity index (χ1v) is 5.00. The van der Waals surface area contributed by atoms with Gasteiger partial charge in [-0.05, 0) is 44.0 Å². The predicted octanol–water partition coefficient (Wildman–Crippen LogP) is 3.66. The van der Waals surface area contributed by atoms with Crippen LogP contribution in [0, 0.1) is 0 Å². The third-order valence-corrected chi connectivity index (χ3v) is 3.57. The lowest BCUT2D eigenvalue weighted by molar-refractivity contribution is 1.24. The summed E-state index contributed by atoms with van der Waals surface area (Å²) in [4.78, 5) is 0. The zero-order valence-electron chi connectivity index (χ0n) is 4.00. The predicted molar refractivity (Wildman–Crippen MR) is 52.3 cm³/mol. The summed E-state index contributed by atoms with van der Waals surface area (Å²) in [7, 11) is 0. The monoisotopic (exact) mass is 322 g/mol.